The van der Waals surface area contributed by atoms with Crippen LogP contribution in [0.5, 0.6) is 5.75 Å². The highest BCUT2D eigenvalue weighted by Gasteiger charge is 1.97. The van der Waals surface area contributed by atoms with Crippen molar-refractivity contribution >= 4 is 0 Å². The van der Waals surface area contributed by atoms with Gasteiger partial charge in [0.15, 0.2) is 0 Å². The van der Waals surface area contributed by atoms with Crippen LogP contribution in [0.1, 0.15) is 0 Å². The first-order valence-corrected chi connectivity index (χ1v) is 3.92. The maximum absolute atomic E-state index is 9.07. The second kappa shape index (κ2) is 3.23. The molecule has 3 heteroatoms. The lowest BCUT2D eigenvalue weighted by Crippen LogP contribution is -1.82. The van der Waals surface area contributed by atoms with Crippen molar-refractivity contribution in [1.82, 2.24) is 9.97 Å². The zero-order valence-electron chi connectivity index (χ0n) is 6.88. The molecule has 0 saturated heterocycles. The fourth-order valence-corrected chi connectivity index (χ4v) is 1.08. The van der Waals surface area contributed by atoms with Gasteiger partial charge in [0.2, 0.25) is 0 Å². The van der Waals surface area contributed by atoms with E-state index in [2.05, 4.69) is 9.97 Å². The molecule has 0 aliphatic heterocycles. The summed E-state index contributed by atoms with van der Waals surface area (Å²) in [5, 5.41) is 9.07. The van der Waals surface area contributed by atoms with Gasteiger partial charge < -0.3 is 5.11 Å². The maximum Gasteiger partial charge on any atom is 0.115 e. The highest BCUT2D eigenvalue weighted by Crippen LogP contribution is 2.18. The second-order valence-corrected chi connectivity index (χ2v) is 2.64. The Morgan fingerprint density at radius 2 is 1.77 bits per heavy atom. The lowest BCUT2D eigenvalue weighted by Gasteiger charge is -1.98. The Kier molecular flexibility index (Phi) is 1.92. The number of aromatic hydroxyl groups is 1. The van der Waals surface area contributed by atoms with Gasteiger partial charge >= 0.3 is 0 Å². The summed E-state index contributed by atoms with van der Waals surface area (Å²) in [5.41, 5.74) is 1.76. The molecule has 0 aliphatic carbocycles. The molecule has 0 aliphatic rings. The van der Waals surface area contributed by atoms with Gasteiger partial charge in [-0.3, -0.25) is 9.97 Å². The standard InChI is InChI=1S/C10H8N2O/c13-9-3-1-8(2-4-9)10-7-11-5-6-12-10/h1-7,13H. The smallest absolute Gasteiger partial charge is 0.115 e. The number of nitrogens with zero attached hydrogens (tertiary/aromatic N) is 2. The molecule has 0 bridgehead atoms. The molecular weight excluding hydrogens is 164 g/mol. The van der Waals surface area contributed by atoms with Crippen molar-refractivity contribution in [3.05, 3.63) is 42.9 Å². The van der Waals surface area contributed by atoms with E-state index >= 15 is 0 Å². The largest absolute Gasteiger partial charge is 0.508 e. The van der Waals surface area contributed by atoms with Crippen LogP contribution >= 0.6 is 0 Å². The Morgan fingerprint density at radius 1 is 1.00 bits per heavy atom. The van der Waals surface area contributed by atoms with E-state index < -0.39 is 0 Å². The van der Waals surface area contributed by atoms with Gasteiger partial charge in [-0.15, -0.1) is 0 Å². The second-order valence-electron chi connectivity index (χ2n) is 2.64. The van der Waals surface area contributed by atoms with Gasteiger partial charge in [-0.2, -0.15) is 0 Å². The Labute approximate surface area is 75.7 Å². The van der Waals surface area contributed by atoms with E-state index in [4.69, 9.17) is 5.11 Å². The summed E-state index contributed by atoms with van der Waals surface area (Å²) in [6.07, 6.45) is 4.96. The molecule has 2 rings (SSSR count). The third kappa shape index (κ3) is 1.64. The maximum atomic E-state index is 9.07. The summed E-state index contributed by atoms with van der Waals surface area (Å²) < 4.78 is 0. The molecule has 0 atom stereocenters. The van der Waals surface area contributed by atoms with Crippen molar-refractivity contribution in [3.63, 3.8) is 0 Å². The monoisotopic (exact) mass is 172 g/mol. The summed E-state index contributed by atoms with van der Waals surface area (Å²) in [7, 11) is 0. The van der Waals surface area contributed by atoms with Crippen molar-refractivity contribution in [2.24, 2.45) is 0 Å². The molecule has 3 nitrogen and oxygen atoms in total. The quantitative estimate of drug-likeness (QED) is 0.714. The molecule has 64 valence electrons. The first kappa shape index (κ1) is 7.73. The van der Waals surface area contributed by atoms with Crippen molar-refractivity contribution in [1.29, 1.82) is 0 Å². The predicted molar refractivity (Wildman–Crippen MR) is 49.1 cm³/mol. The van der Waals surface area contributed by atoms with Crippen molar-refractivity contribution in [2.45, 2.75) is 0 Å². The molecule has 1 aromatic heterocycles. The minimum Gasteiger partial charge on any atom is -0.508 e. The van der Waals surface area contributed by atoms with Crippen molar-refractivity contribution < 1.29 is 5.11 Å². The van der Waals surface area contributed by atoms with Crippen LogP contribution in [-0.4, -0.2) is 15.1 Å². The zero-order chi connectivity index (χ0) is 9.10. The van der Waals surface area contributed by atoms with Crippen LogP contribution in [0, 0.1) is 0 Å². The van der Waals surface area contributed by atoms with E-state index in [1.807, 2.05) is 0 Å². The molecule has 0 fully saturated rings. The normalized spacial score (nSPS) is 9.85. The van der Waals surface area contributed by atoms with Crippen LogP contribution in [0.3, 0.4) is 0 Å². The van der Waals surface area contributed by atoms with Gasteiger partial charge in [0, 0.05) is 18.0 Å². The minimum atomic E-state index is 0.257. The summed E-state index contributed by atoms with van der Waals surface area (Å²) in [6, 6.07) is 6.87. The molecule has 0 unspecified atom stereocenters. The SMILES string of the molecule is Oc1ccc(-c2cnccn2)cc1. The average molecular weight is 172 g/mol. The summed E-state index contributed by atoms with van der Waals surface area (Å²) >= 11 is 0. The fraction of sp³-hybridized carbons (Fsp3) is 0. The topological polar surface area (TPSA) is 46.0 Å². The van der Waals surface area contributed by atoms with E-state index in [0.717, 1.165) is 11.3 Å². The molecule has 1 aromatic carbocycles. The number of rotatable bonds is 1. The van der Waals surface area contributed by atoms with Crippen LogP contribution in [0.25, 0.3) is 11.3 Å². The van der Waals surface area contributed by atoms with E-state index in [0.29, 0.717) is 0 Å². The molecule has 13 heavy (non-hydrogen) atoms. The molecule has 1 N–H and O–H groups in total. The highest BCUT2D eigenvalue weighted by atomic mass is 16.3. The summed E-state index contributed by atoms with van der Waals surface area (Å²) in [5.74, 6) is 0.257. The van der Waals surface area contributed by atoms with Gasteiger partial charge in [-0.1, -0.05) is 0 Å². The lowest BCUT2D eigenvalue weighted by atomic mass is 10.1. The zero-order valence-corrected chi connectivity index (χ0v) is 6.88. The molecule has 0 amide bonds. The van der Waals surface area contributed by atoms with Crippen LogP contribution < -0.4 is 0 Å². The summed E-state index contributed by atoms with van der Waals surface area (Å²) in [6.45, 7) is 0. The van der Waals surface area contributed by atoms with E-state index in [1.54, 1.807) is 42.9 Å². The first-order chi connectivity index (χ1) is 6.36. The number of benzene rings is 1. The molecular formula is C10H8N2O. The van der Waals surface area contributed by atoms with Gasteiger partial charge in [0.05, 0.1) is 11.9 Å². The van der Waals surface area contributed by atoms with E-state index in [1.165, 1.54) is 0 Å². The Hall–Kier alpha value is -1.90. The number of phenolic OH excluding ortho intramolecular Hbond substituents is 1. The number of hydrogen-bond acceptors (Lipinski definition) is 3. The summed E-state index contributed by atoms with van der Waals surface area (Å²) in [4.78, 5) is 8.09. The van der Waals surface area contributed by atoms with Crippen LogP contribution in [0.2, 0.25) is 0 Å². The lowest BCUT2D eigenvalue weighted by molar-refractivity contribution is 0.475. The first-order valence-electron chi connectivity index (χ1n) is 3.92. The third-order valence-electron chi connectivity index (χ3n) is 1.73. The Bertz CT molecular complexity index is 383. The predicted octanol–water partition coefficient (Wildman–Crippen LogP) is 1.85. The van der Waals surface area contributed by atoms with Crippen LogP contribution in [-0.2, 0) is 0 Å². The van der Waals surface area contributed by atoms with Crippen molar-refractivity contribution in [2.75, 3.05) is 0 Å². The van der Waals surface area contributed by atoms with Gasteiger partial charge in [-0.25, -0.2) is 0 Å². The van der Waals surface area contributed by atoms with Crippen LogP contribution in [0.4, 0.5) is 0 Å². The molecule has 2 aromatic rings. The van der Waals surface area contributed by atoms with Gasteiger partial charge in [-0.05, 0) is 24.3 Å². The molecule has 0 saturated carbocycles. The van der Waals surface area contributed by atoms with E-state index in [9.17, 15) is 0 Å². The van der Waals surface area contributed by atoms with E-state index in [-0.39, 0.29) is 5.75 Å². The Morgan fingerprint density at radius 3 is 2.38 bits per heavy atom. The molecule has 0 spiro atoms. The molecule has 0 radical (unpaired) electrons. The van der Waals surface area contributed by atoms with Crippen LogP contribution in [0.15, 0.2) is 42.9 Å². The minimum absolute atomic E-state index is 0.257. The van der Waals surface area contributed by atoms with Crippen molar-refractivity contribution in [3.8, 4) is 17.0 Å². The number of aromatic nitrogens is 2. The fourth-order valence-electron chi connectivity index (χ4n) is 1.08. The van der Waals surface area contributed by atoms with Gasteiger partial charge in [0.25, 0.3) is 0 Å². The Balaban J connectivity index is 2.42. The highest BCUT2D eigenvalue weighted by molar-refractivity contribution is 5.58. The third-order valence-corrected chi connectivity index (χ3v) is 1.73. The molecule has 1 heterocycles. The average Bonchev–Trinajstić information content (AvgIpc) is 2.20. The van der Waals surface area contributed by atoms with Gasteiger partial charge in [0.1, 0.15) is 5.75 Å². The number of phenols is 1. The number of hydrogen-bond donors (Lipinski definition) is 1.